The zero-order valence-electron chi connectivity index (χ0n) is 11.3. The molecule has 98 valence electrons. The maximum Gasteiger partial charge on any atom is 0.0797 e. The zero-order chi connectivity index (χ0) is 13.1. The number of aryl methyl sites for hydroxylation is 3. The molecule has 0 aliphatic carbocycles. The highest BCUT2D eigenvalue weighted by Gasteiger charge is 2.11. The van der Waals surface area contributed by atoms with Gasteiger partial charge in [-0.05, 0) is 24.5 Å². The van der Waals surface area contributed by atoms with Gasteiger partial charge in [-0.15, -0.1) is 11.3 Å². The summed E-state index contributed by atoms with van der Waals surface area (Å²) in [6.07, 6.45) is 5.33. The number of nitrogens with two attached hydrogens (primary N) is 1. The van der Waals surface area contributed by atoms with Gasteiger partial charge in [-0.2, -0.15) is 0 Å². The number of thiazole rings is 1. The molecule has 2 aromatic rings. The lowest BCUT2D eigenvalue weighted by molar-refractivity contribution is 0.513. The fourth-order valence-electron chi connectivity index (χ4n) is 1.98. The summed E-state index contributed by atoms with van der Waals surface area (Å²) in [4.78, 5) is 5.65. The van der Waals surface area contributed by atoms with E-state index >= 15 is 0 Å². The largest absolute Gasteiger partial charge is 0.354 e. The molecule has 0 aliphatic heterocycles. The predicted octanol–water partition coefficient (Wildman–Crippen LogP) is 3.15. The molecular weight excluding hydrogens is 242 g/mol. The van der Waals surface area contributed by atoms with E-state index in [1.165, 1.54) is 10.4 Å². The standard InChI is InChI=1S/C14H21N3S/c1-10(2)14(15)12-4-6-17(8-12)7-5-13-11(3)16-9-18-13/h4,6,8-10,14H,5,7,15H2,1-3H3. The van der Waals surface area contributed by atoms with Crippen molar-refractivity contribution in [2.75, 3.05) is 0 Å². The van der Waals surface area contributed by atoms with Crippen molar-refractivity contribution in [2.45, 2.75) is 39.8 Å². The van der Waals surface area contributed by atoms with E-state index in [9.17, 15) is 0 Å². The molecule has 0 bridgehead atoms. The van der Waals surface area contributed by atoms with Gasteiger partial charge in [0.25, 0.3) is 0 Å². The third kappa shape index (κ3) is 3.00. The maximum atomic E-state index is 6.14. The summed E-state index contributed by atoms with van der Waals surface area (Å²) in [5.74, 6) is 0.476. The Balaban J connectivity index is 1.97. The maximum absolute atomic E-state index is 6.14. The Morgan fingerprint density at radius 3 is 2.83 bits per heavy atom. The van der Waals surface area contributed by atoms with Gasteiger partial charge in [0.15, 0.2) is 0 Å². The van der Waals surface area contributed by atoms with Crippen molar-refractivity contribution in [3.63, 3.8) is 0 Å². The van der Waals surface area contributed by atoms with Gasteiger partial charge in [0.1, 0.15) is 0 Å². The van der Waals surface area contributed by atoms with Gasteiger partial charge in [0.2, 0.25) is 0 Å². The van der Waals surface area contributed by atoms with E-state index in [0.29, 0.717) is 5.92 Å². The van der Waals surface area contributed by atoms with Crippen LogP contribution in [-0.2, 0) is 13.0 Å². The first-order valence-corrected chi connectivity index (χ1v) is 7.26. The molecule has 18 heavy (non-hydrogen) atoms. The Labute approximate surface area is 113 Å². The number of hydrogen-bond acceptors (Lipinski definition) is 3. The normalized spacial score (nSPS) is 13.2. The second kappa shape index (κ2) is 5.67. The Hall–Kier alpha value is -1.13. The van der Waals surface area contributed by atoms with E-state index < -0.39 is 0 Å². The van der Waals surface area contributed by atoms with Crippen LogP contribution in [0.1, 0.15) is 36.0 Å². The van der Waals surface area contributed by atoms with Crippen molar-refractivity contribution < 1.29 is 0 Å². The van der Waals surface area contributed by atoms with Crippen molar-refractivity contribution in [3.8, 4) is 0 Å². The zero-order valence-corrected chi connectivity index (χ0v) is 12.1. The quantitative estimate of drug-likeness (QED) is 0.900. The third-order valence-corrected chi connectivity index (χ3v) is 4.31. The van der Waals surface area contributed by atoms with Crippen molar-refractivity contribution in [1.29, 1.82) is 0 Å². The molecule has 1 unspecified atom stereocenters. The highest BCUT2D eigenvalue weighted by molar-refractivity contribution is 7.09. The molecule has 1 atom stereocenters. The first-order chi connectivity index (χ1) is 8.58. The van der Waals surface area contributed by atoms with Crippen LogP contribution in [0.3, 0.4) is 0 Å². The van der Waals surface area contributed by atoms with Crippen LogP contribution in [0.2, 0.25) is 0 Å². The number of aromatic nitrogens is 2. The van der Waals surface area contributed by atoms with E-state index in [1.54, 1.807) is 11.3 Å². The van der Waals surface area contributed by atoms with Gasteiger partial charge in [0, 0.05) is 36.3 Å². The molecule has 0 saturated carbocycles. The smallest absolute Gasteiger partial charge is 0.0797 e. The molecule has 2 N–H and O–H groups in total. The number of rotatable bonds is 5. The average Bonchev–Trinajstić information content (AvgIpc) is 2.94. The molecule has 0 spiro atoms. The van der Waals surface area contributed by atoms with E-state index in [0.717, 1.165) is 18.7 Å². The van der Waals surface area contributed by atoms with Crippen molar-refractivity contribution in [2.24, 2.45) is 11.7 Å². The predicted molar refractivity (Wildman–Crippen MR) is 76.8 cm³/mol. The Morgan fingerprint density at radius 2 is 2.22 bits per heavy atom. The molecule has 0 amide bonds. The van der Waals surface area contributed by atoms with Crippen LogP contribution >= 0.6 is 11.3 Å². The summed E-state index contributed by atoms with van der Waals surface area (Å²) in [5, 5.41) is 0. The van der Waals surface area contributed by atoms with Crippen LogP contribution in [0, 0.1) is 12.8 Å². The molecule has 0 aromatic carbocycles. The monoisotopic (exact) mass is 263 g/mol. The van der Waals surface area contributed by atoms with Gasteiger partial charge in [-0.1, -0.05) is 13.8 Å². The van der Waals surface area contributed by atoms with E-state index in [4.69, 9.17) is 5.73 Å². The van der Waals surface area contributed by atoms with Crippen molar-refractivity contribution in [3.05, 3.63) is 40.1 Å². The van der Waals surface area contributed by atoms with Crippen LogP contribution in [0.4, 0.5) is 0 Å². The molecule has 0 saturated heterocycles. The van der Waals surface area contributed by atoms with Crippen LogP contribution in [0.5, 0.6) is 0 Å². The summed E-state index contributed by atoms with van der Waals surface area (Å²) in [7, 11) is 0. The molecule has 2 aromatic heterocycles. The summed E-state index contributed by atoms with van der Waals surface area (Å²) < 4.78 is 2.22. The Bertz CT molecular complexity index is 499. The lowest BCUT2D eigenvalue weighted by Gasteiger charge is -2.13. The first kappa shape index (κ1) is 13.3. The lowest BCUT2D eigenvalue weighted by Crippen LogP contribution is -2.15. The minimum absolute atomic E-state index is 0.136. The molecule has 0 fully saturated rings. The topological polar surface area (TPSA) is 43.8 Å². The molecule has 0 aliphatic rings. The molecule has 4 heteroatoms. The van der Waals surface area contributed by atoms with Gasteiger partial charge in [-0.25, -0.2) is 4.98 Å². The summed E-state index contributed by atoms with van der Waals surface area (Å²) in [6.45, 7) is 7.38. The average molecular weight is 263 g/mol. The minimum atomic E-state index is 0.136. The number of nitrogens with zero attached hydrogens (tertiary/aromatic N) is 2. The summed E-state index contributed by atoms with van der Waals surface area (Å²) >= 11 is 1.74. The summed E-state index contributed by atoms with van der Waals surface area (Å²) in [6, 6.07) is 2.26. The molecule has 0 radical (unpaired) electrons. The lowest BCUT2D eigenvalue weighted by atomic mass is 10.00. The van der Waals surface area contributed by atoms with E-state index in [2.05, 4.69) is 48.8 Å². The van der Waals surface area contributed by atoms with Crippen LogP contribution in [0.15, 0.2) is 24.0 Å². The van der Waals surface area contributed by atoms with Crippen LogP contribution in [0.25, 0.3) is 0 Å². The van der Waals surface area contributed by atoms with Gasteiger partial charge < -0.3 is 10.3 Å². The molecular formula is C14H21N3S. The van der Waals surface area contributed by atoms with Crippen LogP contribution in [-0.4, -0.2) is 9.55 Å². The highest BCUT2D eigenvalue weighted by atomic mass is 32.1. The minimum Gasteiger partial charge on any atom is -0.354 e. The summed E-state index contributed by atoms with van der Waals surface area (Å²) in [5.41, 5.74) is 10.4. The second-order valence-corrected chi connectivity index (χ2v) is 6.00. The SMILES string of the molecule is Cc1ncsc1CCn1ccc(C(N)C(C)C)c1. The number of hydrogen-bond donors (Lipinski definition) is 1. The van der Waals surface area contributed by atoms with E-state index in [1.807, 2.05) is 5.51 Å². The third-order valence-electron chi connectivity index (χ3n) is 3.32. The van der Waals surface area contributed by atoms with Gasteiger partial charge in [-0.3, -0.25) is 0 Å². The molecule has 2 heterocycles. The Kier molecular flexibility index (Phi) is 4.19. The Morgan fingerprint density at radius 1 is 1.44 bits per heavy atom. The van der Waals surface area contributed by atoms with Gasteiger partial charge in [0.05, 0.1) is 11.2 Å². The van der Waals surface area contributed by atoms with Crippen molar-refractivity contribution in [1.82, 2.24) is 9.55 Å². The molecule has 2 rings (SSSR count). The molecule has 3 nitrogen and oxygen atoms in total. The first-order valence-electron chi connectivity index (χ1n) is 6.38. The highest BCUT2D eigenvalue weighted by Crippen LogP contribution is 2.19. The second-order valence-electron chi connectivity index (χ2n) is 5.06. The fourth-order valence-corrected chi connectivity index (χ4v) is 2.75. The van der Waals surface area contributed by atoms with Gasteiger partial charge >= 0.3 is 0 Å². The fraction of sp³-hybridized carbons (Fsp3) is 0.500. The van der Waals surface area contributed by atoms with Crippen LogP contribution < -0.4 is 5.73 Å². The van der Waals surface area contributed by atoms with E-state index in [-0.39, 0.29) is 6.04 Å². The van der Waals surface area contributed by atoms with Crippen molar-refractivity contribution >= 4 is 11.3 Å².